The van der Waals surface area contributed by atoms with Gasteiger partial charge in [0, 0.05) is 18.2 Å². The number of hydrogen-bond acceptors (Lipinski definition) is 3. The van der Waals surface area contributed by atoms with E-state index in [0.717, 1.165) is 22.6 Å². The van der Waals surface area contributed by atoms with Crippen molar-refractivity contribution in [2.45, 2.75) is 19.4 Å². The van der Waals surface area contributed by atoms with Gasteiger partial charge in [-0.2, -0.15) is 0 Å². The third-order valence-electron chi connectivity index (χ3n) is 3.31. The normalized spacial score (nSPS) is 11.8. The zero-order chi connectivity index (χ0) is 15.2. The predicted molar refractivity (Wildman–Crippen MR) is 84.3 cm³/mol. The van der Waals surface area contributed by atoms with Gasteiger partial charge in [0.2, 0.25) is 5.91 Å². The lowest BCUT2D eigenvalue weighted by atomic mass is 10.0. The van der Waals surface area contributed by atoms with Gasteiger partial charge >= 0.3 is 0 Å². The molecule has 3 N–H and O–H groups in total. The van der Waals surface area contributed by atoms with Crippen LogP contribution < -0.4 is 15.8 Å². The van der Waals surface area contributed by atoms with Crippen LogP contribution in [-0.2, 0) is 4.79 Å². The molecule has 0 saturated heterocycles. The number of ether oxygens (including phenoxy) is 1. The second kappa shape index (κ2) is 6.90. The van der Waals surface area contributed by atoms with E-state index in [9.17, 15) is 4.79 Å². The fourth-order valence-electron chi connectivity index (χ4n) is 2.19. The van der Waals surface area contributed by atoms with Crippen LogP contribution >= 0.6 is 0 Å². The number of nitrogens with one attached hydrogen (secondary N) is 1. The molecule has 1 atom stereocenters. The first kappa shape index (κ1) is 15.1. The van der Waals surface area contributed by atoms with E-state index in [-0.39, 0.29) is 18.4 Å². The minimum absolute atomic E-state index is 0.101. The van der Waals surface area contributed by atoms with Crippen LogP contribution in [0.4, 0.5) is 5.69 Å². The lowest BCUT2D eigenvalue weighted by molar-refractivity contribution is -0.116. The molecule has 0 aromatic heterocycles. The van der Waals surface area contributed by atoms with Crippen molar-refractivity contribution in [3.63, 3.8) is 0 Å². The molecule has 110 valence electrons. The zero-order valence-electron chi connectivity index (χ0n) is 12.3. The summed E-state index contributed by atoms with van der Waals surface area (Å²) in [7, 11) is 1.62. The van der Waals surface area contributed by atoms with Gasteiger partial charge in [0.1, 0.15) is 5.75 Å². The smallest absolute Gasteiger partial charge is 0.226 e. The Hall–Kier alpha value is -2.33. The van der Waals surface area contributed by atoms with Gasteiger partial charge in [0.15, 0.2) is 0 Å². The van der Waals surface area contributed by atoms with Gasteiger partial charge in [-0.1, -0.05) is 30.3 Å². The van der Waals surface area contributed by atoms with Gasteiger partial charge in [-0.15, -0.1) is 0 Å². The van der Waals surface area contributed by atoms with Crippen LogP contribution in [0.3, 0.4) is 0 Å². The first-order valence-corrected chi connectivity index (χ1v) is 6.85. The Morgan fingerprint density at radius 1 is 1.24 bits per heavy atom. The van der Waals surface area contributed by atoms with Crippen LogP contribution in [-0.4, -0.2) is 13.0 Å². The first-order chi connectivity index (χ1) is 10.1. The van der Waals surface area contributed by atoms with Crippen LogP contribution in [0.25, 0.3) is 0 Å². The predicted octanol–water partition coefficient (Wildman–Crippen LogP) is 3.03. The summed E-state index contributed by atoms with van der Waals surface area (Å²) in [6.07, 6.45) is 0.245. The minimum Gasteiger partial charge on any atom is -0.496 e. The monoisotopic (exact) mass is 284 g/mol. The average molecular weight is 284 g/mol. The molecule has 0 spiro atoms. The molecule has 2 aromatic rings. The molecule has 0 saturated carbocycles. The molecule has 21 heavy (non-hydrogen) atoms. The quantitative estimate of drug-likeness (QED) is 0.887. The number of nitrogens with two attached hydrogens (primary N) is 1. The third-order valence-corrected chi connectivity index (χ3v) is 3.31. The maximum absolute atomic E-state index is 12.0. The Morgan fingerprint density at radius 3 is 2.57 bits per heavy atom. The highest BCUT2D eigenvalue weighted by Crippen LogP contribution is 2.22. The Balaban J connectivity index is 1.97. The maximum atomic E-state index is 12.0. The molecule has 0 aliphatic carbocycles. The summed E-state index contributed by atoms with van der Waals surface area (Å²) in [6.45, 7) is 1.93. The SMILES string of the molecule is COc1ccc(NC(=O)CC(N)c2ccccc2)cc1C. The number of hydrogen-bond donors (Lipinski definition) is 2. The van der Waals surface area contributed by atoms with E-state index in [4.69, 9.17) is 10.5 Å². The molecule has 2 rings (SSSR count). The highest BCUT2D eigenvalue weighted by atomic mass is 16.5. The van der Waals surface area contributed by atoms with Gasteiger partial charge in [-0.05, 0) is 36.2 Å². The Labute approximate surface area is 124 Å². The number of methoxy groups -OCH3 is 1. The van der Waals surface area contributed by atoms with E-state index in [1.165, 1.54) is 0 Å². The van der Waals surface area contributed by atoms with Crippen LogP contribution in [0.1, 0.15) is 23.6 Å². The van der Waals surface area contributed by atoms with Crippen LogP contribution in [0.5, 0.6) is 5.75 Å². The third kappa shape index (κ3) is 4.07. The lowest BCUT2D eigenvalue weighted by Gasteiger charge is -2.13. The Bertz CT molecular complexity index is 611. The Kier molecular flexibility index (Phi) is 4.95. The zero-order valence-corrected chi connectivity index (χ0v) is 12.3. The first-order valence-electron chi connectivity index (χ1n) is 6.85. The van der Waals surface area contributed by atoms with E-state index < -0.39 is 0 Å². The van der Waals surface area contributed by atoms with Crippen molar-refractivity contribution in [1.29, 1.82) is 0 Å². The fourth-order valence-corrected chi connectivity index (χ4v) is 2.19. The van der Waals surface area contributed by atoms with E-state index in [2.05, 4.69) is 5.32 Å². The van der Waals surface area contributed by atoms with Crippen LogP contribution in [0, 0.1) is 6.92 Å². The van der Waals surface area contributed by atoms with Gasteiger partial charge in [0.05, 0.1) is 7.11 Å². The standard InChI is InChI=1S/C17H20N2O2/c1-12-10-14(8-9-16(12)21-2)19-17(20)11-15(18)13-6-4-3-5-7-13/h3-10,15H,11,18H2,1-2H3,(H,19,20). The fraction of sp³-hybridized carbons (Fsp3) is 0.235. The largest absolute Gasteiger partial charge is 0.496 e. The second-order valence-corrected chi connectivity index (χ2v) is 4.95. The molecule has 1 amide bonds. The van der Waals surface area contributed by atoms with Crippen molar-refractivity contribution in [3.05, 3.63) is 59.7 Å². The van der Waals surface area contributed by atoms with Gasteiger partial charge in [-0.3, -0.25) is 4.79 Å². The highest BCUT2D eigenvalue weighted by molar-refractivity contribution is 5.91. The number of aryl methyl sites for hydroxylation is 1. The van der Waals surface area contributed by atoms with Crippen molar-refractivity contribution in [2.75, 3.05) is 12.4 Å². The number of rotatable bonds is 5. The van der Waals surface area contributed by atoms with Crippen LogP contribution in [0.15, 0.2) is 48.5 Å². The van der Waals surface area contributed by atoms with Crippen molar-refractivity contribution in [1.82, 2.24) is 0 Å². The molecular weight excluding hydrogens is 264 g/mol. The molecule has 0 radical (unpaired) electrons. The van der Waals surface area contributed by atoms with E-state index in [1.807, 2.05) is 55.5 Å². The van der Waals surface area contributed by atoms with Gasteiger partial charge in [0.25, 0.3) is 0 Å². The molecule has 1 unspecified atom stereocenters. The summed E-state index contributed by atoms with van der Waals surface area (Å²) < 4.78 is 5.19. The summed E-state index contributed by atoms with van der Waals surface area (Å²) in [5.74, 6) is 0.699. The van der Waals surface area contributed by atoms with Crippen molar-refractivity contribution < 1.29 is 9.53 Å². The molecule has 2 aromatic carbocycles. The molecule has 4 nitrogen and oxygen atoms in total. The maximum Gasteiger partial charge on any atom is 0.226 e. The topological polar surface area (TPSA) is 64.3 Å². The van der Waals surface area contributed by atoms with Crippen molar-refractivity contribution in [3.8, 4) is 5.75 Å². The van der Waals surface area contributed by atoms with Gasteiger partial charge in [-0.25, -0.2) is 0 Å². The number of amides is 1. The number of carbonyl (C=O) groups is 1. The summed E-state index contributed by atoms with van der Waals surface area (Å²) in [5.41, 5.74) is 8.72. The molecule has 4 heteroatoms. The van der Waals surface area contributed by atoms with E-state index >= 15 is 0 Å². The van der Waals surface area contributed by atoms with E-state index in [1.54, 1.807) is 7.11 Å². The highest BCUT2D eigenvalue weighted by Gasteiger charge is 2.12. The van der Waals surface area contributed by atoms with Gasteiger partial charge < -0.3 is 15.8 Å². The summed E-state index contributed by atoms with van der Waals surface area (Å²) in [5, 5.41) is 2.86. The minimum atomic E-state index is -0.300. The van der Waals surface area contributed by atoms with Crippen molar-refractivity contribution in [2.24, 2.45) is 5.73 Å². The van der Waals surface area contributed by atoms with Crippen LogP contribution in [0.2, 0.25) is 0 Å². The Morgan fingerprint density at radius 2 is 1.95 bits per heavy atom. The number of anilines is 1. The average Bonchev–Trinajstić information content (AvgIpc) is 2.48. The van der Waals surface area contributed by atoms with E-state index in [0.29, 0.717) is 0 Å². The molecular formula is C17H20N2O2. The molecule has 0 aliphatic heterocycles. The molecule has 0 heterocycles. The molecule has 0 fully saturated rings. The summed E-state index contributed by atoms with van der Waals surface area (Å²) in [6, 6.07) is 14.8. The summed E-state index contributed by atoms with van der Waals surface area (Å²) >= 11 is 0. The van der Waals surface area contributed by atoms with Crippen molar-refractivity contribution >= 4 is 11.6 Å². The molecule has 0 aliphatic rings. The second-order valence-electron chi connectivity index (χ2n) is 4.95. The summed E-state index contributed by atoms with van der Waals surface area (Å²) in [4.78, 5) is 12.0. The lowest BCUT2D eigenvalue weighted by Crippen LogP contribution is -2.20. The number of carbonyl (C=O) groups excluding carboxylic acids is 1. The number of benzene rings is 2. The molecule has 0 bridgehead atoms.